The summed E-state index contributed by atoms with van der Waals surface area (Å²) in [7, 11) is 4.11. The number of halogens is 1. The van der Waals surface area contributed by atoms with E-state index in [1.165, 1.54) is 83.0 Å². The van der Waals surface area contributed by atoms with Crippen molar-refractivity contribution in [3.63, 3.8) is 0 Å². The van der Waals surface area contributed by atoms with E-state index in [4.69, 9.17) is 25.8 Å². The van der Waals surface area contributed by atoms with Crippen molar-refractivity contribution in [1.29, 1.82) is 0 Å². The predicted octanol–water partition coefficient (Wildman–Crippen LogP) is 13.9. The van der Waals surface area contributed by atoms with Crippen molar-refractivity contribution >= 4 is 55.7 Å². The number of H-pyrrole nitrogens is 4. The molecule has 700 valence electrons. The molecule has 8 aromatic rings. The first-order valence-electron chi connectivity index (χ1n) is 46.5. The summed E-state index contributed by atoms with van der Waals surface area (Å²) in [6, 6.07) is 44.7. The van der Waals surface area contributed by atoms with Gasteiger partial charge in [-0.15, -0.1) is 0 Å². The molecule has 3 aliphatic carbocycles. The van der Waals surface area contributed by atoms with E-state index in [1.807, 2.05) is 152 Å². The molecule has 135 heavy (non-hydrogen) atoms. The zero-order chi connectivity index (χ0) is 95.0. The van der Waals surface area contributed by atoms with Crippen molar-refractivity contribution in [3.8, 4) is 63.3 Å². The molecule has 8 aliphatic heterocycles. The van der Waals surface area contributed by atoms with Gasteiger partial charge in [0.1, 0.15) is 17.2 Å². The first-order valence-corrected chi connectivity index (χ1v) is 46.8. The normalized spacial score (nSPS) is 13.7. The monoisotopic (exact) mass is 1840 g/mol. The third kappa shape index (κ3) is 22.3. The Kier molecular flexibility index (Phi) is 29.4. The van der Waals surface area contributed by atoms with Crippen molar-refractivity contribution in [2.75, 3.05) is 40.3 Å². The zero-order valence-corrected chi connectivity index (χ0v) is 79.3. The topological polar surface area (TPSA) is 381 Å². The number of nitrogens with one attached hydrogen (secondary N) is 6. The van der Waals surface area contributed by atoms with Gasteiger partial charge in [-0.1, -0.05) is 90.0 Å². The first-order chi connectivity index (χ1) is 65.0. The number of aryl methyl sites for hydroxylation is 10. The fourth-order valence-electron chi connectivity index (χ4n) is 18.2. The Balaban J connectivity index is 0.000000131. The molecule has 0 amide bonds. The molecule has 0 aromatic heterocycles. The van der Waals surface area contributed by atoms with Crippen LogP contribution in [-0.4, -0.2) is 146 Å². The average Bonchev–Trinajstić information content (AvgIpc) is 1.39. The van der Waals surface area contributed by atoms with Crippen LogP contribution in [0.2, 0.25) is 5.02 Å². The van der Waals surface area contributed by atoms with Gasteiger partial charge >= 0.3 is 22.8 Å². The van der Waals surface area contributed by atoms with Crippen LogP contribution in [0.25, 0.3) is 90.2 Å². The minimum absolute atomic E-state index is 0.155. The summed E-state index contributed by atoms with van der Waals surface area (Å²) in [5.41, 5.74) is 18.1. The van der Waals surface area contributed by atoms with E-state index < -0.39 is 45.0 Å². The van der Waals surface area contributed by atoms with Crippen LogP contribution in [0.15, 0.2) is 172 Å². The maximum absolute atomic E-state index is 12.6. The standard InChI is InChI=1S/C27H30ClN5O3.C27H31N5O3.C26H29N5O3.C23H25N5O2/c1-16-12-19(28)9-8-18(16)15-32(3)10-11-33-22-14-23(36-20-6-4-5-7-20)17(2)13-21(22)29-24-25(33)30-27(35)31-26(24)34;1-17-8-4-5-9-19(17)16-31(3)12-13-32-22-15-23(35-20-10-6-7-11-20)18(2)14-21(22)28-24-25(32)29-27(34)30-26(24)33;1-16-7-3-4-8-18(16)15-27-11-12-31-21-14-22(34-19-9-5-6-10-19)17(2)13-20(21)28-23-24(31)29-26(33)30-25(23)32;1-13-5-6-14(2)17(9-13)12-24-7-8-28-19-11-16(4)15(3)10-18(19)25-20-21(28)26-23(30)27-22(20)29/h8-9,12-14,20H,4-7,10-11,15H2,1-3H3,(H,31,34,35);4-5,8-9,14-15,20H,6-7,10-13,16H2,1-3H3,(H,30,33,34);3-4,7-8,13-14,19,27H,5-6,9-12,15H2,1-2H3,(H,30,32,33);5-6,9-11,24H,7-8,12H2,1-4H3,(H,27,29,30). The highest BCUT2D eigenvalue weighted by molar-refractivity contribution is 6.30. The number of ether oxygens (including phenoxy) is 3. The van der Waals surface area contributed by atoms with Crippen molar-refractivity contribution in [1.82, 2.24) is 98.5 Å². The molecule has 6 N–H and O–H groups in total. The van der Waals surface area contributed by atoms with Crippen molar-refractivity contribution < 1.29 is 14.2 Å². The number of benzene rings is 8. The van der Waals surface area contributed by atoms with Crippen LogP contribution in [0.3, 0.4) is 0 Å². The molecular formula is C103H115ClN20O11. The highest BCUT2D eigenvalue weighted by Gasteiger charge is 2.29. The number of fused-ring (bicyclic) bond motifs is 8. The quantitative estimate of drug-likeness (QED) is 0.0217. The van der Waals surface area contributed by atoms with E-state index >= 15 is 0 Å². The Bertz CT molecular complexity index is 7460. The molecule has 0 atom stereocenters. The fourth-order valence-corrected chi connectivity index (χ4v) is 18.4. The highest BCUT2D eigenvalue weighted by Crippen LogP contribution is 2.37. The summed E-state index contributed by atoms with van der Waals surface area (Å²) in [6.45, 7) is 28.2. The van der Waals surface area contributed by atoms with Gasteiger partial charge in [0, 0.05) is 102 Å². The largest absolute Gasteiger partial charge is 0.490 e. The molecular weight excluding hydrogens is 1730 g/mol. The van der Waals surface area contributed by atoms with E-state index in [9.17, 15) is 38.4 Å². The van der Waals surface area contributed by atoms with Gasteiger partial charge in [-0.05, 0) is 275 Å². The molecule has 32 heteroatoms. The molecule has 0 bridgehead atoms. The Morgan fingerprint density at radius 3 is 1.04 bits per heavy atom. The number of hydrogen-bond donors (Lipinski definition) is 6. The van der Waals surface area contributed by atoms with Crippen LogP contribution in [0.5, 0.6) is 17.2 Å². The van der Waals surface area contributed by atoms with E-state index in [0.29, 0.717) is 86.1 Å². The van der Waals surface area contributed by atoms with Gasteiger partial charge in [0.15, 0.2) is 46.1 Å². The Morgan fingerprint density at radius 1 is 0.341 bits per heavy atom. The number of hydrogen-bond acceptors (Lipinski definition) is 23. The van der Waals surface area contributed by atoms with Gasteiger partial charge < -0.3 is 52.9 Å². The van der Waals surface area contributed by atoms with E-state index in [1.54, 1.807) is 0 Å². The Labute approximate surface area is 784 Å². The van der Waals surface area contributed by atoms with Gasteiger partial charge in [0.05, 0.1) is 62.4 Å². The molecule has 19 rings (SSSR count). The van der Waals surface area contributed by atoms with Crippen LogP contribution in [0.4, 0.5) is 0 Å². The highest BCUT2D eigenvalue weighted by atomic mass is 35.5. The zero-order valence-electron chi connectivity index (χ0n) is 78.5. The summed E-state index contributed by atoms with van der Waals surface area (Å²) >= 11 is 6.11. The third-order valence-electron chi connectivity index (χ3n) is 26.0. The van der Waals surface area contributed by atoms with Gasteiger partial charge in [0.25, 0.3) is 22.2 Å². The average molecular weight is 1840 g/mol. The van der Waals surface area contributed by atoms with Crippen LogP contribution < -0.4 is 69.8 Å². The third-order valence-corrected chi connectivity index (χ3v) is 26.2. The molecule has 31 nitrogen and oxygen atoms in total. The molecule has 0 spiro atoms. The molecule has 3 fully saturated rings. The predicted molar refractivity (Wildman–Crippen MR) is 527 cm³/mol. The molecule has 8 heterocycles. The Morgan fingerprint density at radius 2 is 0.667 bits per heavy atom. The molecule has 11 aliphatic rings. The lowest BCUT2D eigenvalue weighted by molar-refractivity contribution is 0.208. The van der Waals surface area contributed by atoms with Gasteiger partial charge in [0.2, 0.25) is 0 Å². The second-order valence-corrected chi connectivity index (χ2v) is 36.7. The van der Waals surface area contributed by atoms with Crippen LogP contribution >= 0.6 is 11.6 Å². The molecule has 0 unspecified atom stereocenters. The number of likely N-dealkylation sites (N-methyl/N-ethyl adjacent to an activating group) is 2. The number of rotatable bonds is 26. The molecule has 0 saturated heterocycles. The van der Waals surface area contributed by atoms with E-state index in [0.717, 1.165) is 142 Å². The van der Waals surface area contributed by atoms with E-state index in [2.05, 4.69) is 164 Å². The van der Waals surface area contributed by atoms with Gasteiger partial charge in [-0.25, -0.2) is 39.1 Å². The van der Waals surface area contributed by atoms with Gasteiger partial charge in [-0.2, -0.15) is 19.9 Å². The summed E-state index contributed by atoms with van der Waals surface area (Å²) in [4.78, 5) is 146. The minimum atomic E-state index is -0.679. The summed E-state index contributed by atoms with van der Waals surface area (Å²) in [5.74, 6) is 3.62. The summed E-state index contributed by atoms with van der Waals surface area (Å²) in [5, 5.41) is 7.66. The van der Waals surface area contributed by atoms with Crippen molar-refractivity contribution in [2.45, 2.75) is 217 Å². The summed E-state index contributed by atoms with van der Waals surface area (Å²) < 4.78 is 26.7. The van der Waals surface area contributed by atoms with Crippen LogP contribution in [0.1, 0.15) is 155 Å². The van der Waals surface area contributed by atoms with E-state index in [-0.39, 0.29) is 52.7 Å². The maximum Gasteiger partial charge on any atom is 0.349 e. The number of nitrogens with zero attached hydrogens (tertiary/aromatic N) is 14. The molecule has 0 radical (unpaired) electrons. The first kappa shape index (κ1) is 94.6. The second-order valence-electron chi connectivity index (χ2n) is 36.2. The summed E-state index contributed by atoms with van der Waals surface area (Å²) in [6.07, 6.45) is 14.1. The maximum atomic E-state index is 12.6. The smallest absolute Gasteiger partial charge is 0.349 e. The lowest BCUT2D eigenvalue weighted by atomic mass is 10.1. The minimum Gasteiger partial charge on any atom is -0.490 e. The van der Waals surface area contributed by atoms with Gasteiger partial charge in [-0.3, -0.25) is 39.1 Å². The van der Waals surface area contributed by atoms with Crippen LogP contribution in [-0.2, 0) is 52.4 Å². The SMILES string of the molecule is Cc1cc(Cl)ccc1CN(C)CCn1c2nc(=O)[nH]c(=O)c-2nc2cc(C)c(OC3CCCC3)cc21.Cc1ccc(C)c(CNCCn2c3nc(=O)[nH]c(=O)c-3nc3cc(C)c(C)cc32)c1.Cc1ccccc1CN(C)CCn1c2nc(=O)[nH]c(=O)c-2nc2cc(C)c(OC3CCCC3)cc21.Cc1ccccc1CNCCn1c2nc(=O)[nH]c(=O)c-2nc2cc(C)c(OC3CCCC3)cc21. The van der Waals surface area contributed by atoms with Crippen molar-refractivity contribution in [3.05, 3.63) is 300 Å². The lowest BCUT2D eigenvalue weighted by Gasteiger charge is -2.23. The molecule has 8 aromatic carbocycles. The molecule has 3 saturated carbocycles. The number of aromatic nitrogens is 16. The Hall–Kier alpha value is -13.6. The van der Waals surface area contributed by atoms with Crippen LogP contribution in [0, 0.1) is 69.2 Å². The fraction of sp³-hybridized carbons (Fsp3) is 0.379. The lowest BCUT2D eigenvalue weighted by Crippen LogP contribution is -2.30. The second kappa shape index (κ2) is 41.9. The van der Waals surface area contributed by atoms with Crippen molar-refractivity contribution in [2.24, 2.45) is 0 Å². The number of aromatic amines is 4.